The maximum atomic E-state index is 13.2. The Morgan fingerprint density at radius 1 is 1.06 bits per heavy atom. The van der Waals surface area contributed by atoms with Crippen LogP contribution in [-0.4, -0.2) is 43.3 Å². The minimum absolute atomic E-state index is 0. The van der Waals surface area contributed by atoms with Crippen molar-refractivity contribution in [3.63, 3.8) is 0 Å². The quantitative estimate of drug-likeness (QED) is 0.276. The minimum Gasteiger partial charge on any atom is -0.491 e. The Labute approximate surface area is 220 Å². The van der Waals surface area contributed by atoms with Crippen LogP contribution in [0.25, 0.3) is 0 Å². The summed E-state index contributed by atoms with van der Waals surface area (Å²) in [6.45, 7) is 17.5. The zero-order valence-electron chi connectivity index (χ0n) is 22.9. The van der Waals surface area contributed by atoms with E-state index in [1.165, 1.54) is 32.1 Å². The summed E-state index contributed by atoms with van der Waals surface area (Å²) >= 11 is 0. The molecule has 2 aliphatic rings. The highest BCUT2D eigenvalue weighted by Gasteiger charge is 2.67. The summed E-state index contributed by atoms with van der Waals surface area (Å²) in [4.78, 5) is 15.6. The van der Waals surface area contributed by atoms with E-state index >= 15 is 0 Å². The van der Waals surface area contributed by atoms with E-state index in [0.717, 1.165) is 32.5 Å². The average Bonchev–Trinajstić information content (AvgIpc) is 3.13. The van der Waals surface area contributed by atoms with Crippen LogP contribution in [0.1, 0.15) is 86.5 Å². The number of anilines is 1. The monoisotopic (exact) mass is 508 g/mol. The number of ether oxygens (including phenoxy) is 2. The molecule has 35 heavy (non-hydrogen) atoms. The third kappa shape index (κ3) is 6.46. The third-order valence-electron chi connectivity index (χ3n) is 9.13. The van der Waals surface area contributed by atoms with Crippen molar-refractivity contribution in [2.75, 3.05) is 31.6 Å². The van der Waals surface area contributed by atoms with Gasteiger partial charge in [-0.1, -0.05) is 79.4 Å². The predicted molar refractivity (Wildman–Crippen MR) is 148 cm³/mol. The summed E-state index contributed by atoms with van der Waals surface area (Å²) in [5.74, 6) is 1.67. The van der Waals surface area contributed by atoms with Crippen LogP contribution in [0.5, 0.6) is 5.75 Å². The topological polar surface area (TPSA) is 50.8 Å². The van der Waals surface area contributed by atoms with Crippen LogP contribution >= 0.6 is 12.4 Å². The van der Waals surface area contributed by atoms with E-state index in [2.05, 4.69) is 51.8 Å². The van der Waals surface area contributed by atoms with Gasteiger partial charge in [0.15, 0.2) is 0 Å². The number of nitrogens with zero attached hydrogens (tertiary/aromatic N) is 1. The standard InChI is InChI=1S/C29H48N2O3.ClH/c1-7-10-11-12-15-20-33-25-17-14-13-16-24(25)30-27(32)34-26-22(21-31(8-2)9-3)23-18-19-29(26,6)28(23,4)5;/h13-14,16-17,22-23,26H,7-12,15,18-21H2,1-6H3,(H,30,32);1H/t22-,23+,26-,29-;/m0./s1. The highest BCUT2D eigenvalue weighted by molar-refractivity contribution is 5.87. The molecule has 2 saturated carbocycles. The number of carbonyl (C=O) groups is 1. The Hall–Kier alpha value is -1.46. The van der Waals surface area contributed by atoms with E-state index in [1.807, 2.05) is 24.3 Å². The maximum Gasteiger partial charge on any atom is 0.412 e. The van der Waals surface area contributed by atoms with Crippen LogP contribution in [0.15, 0.2) is 24.3 Å². The molecule has 0 aromatic heterocycles. The van der Waals surface area contributed by atoms with E-state index in [1.54, 1.807) is 0 Å². The Bertz CT molecular complexity index is 798. The van der Waals surface area contributed by atoms with Crippen molar-refractivity contribution in [3.8, 4) is 5.75 Å². The molecule has 2 bridgehead atoms. The molecule has 2 aliphatic carbocycles. The fourth-order valence-corrected chi connectivity index (χ4v) is 6.56. The second kappa shape index (κ2) is 13.2. The van der Waals surface area contributed by atoms with Gasteiger partial charge in [0.05, 0.1) is 12.3 Å². The van der Waals surface area contributed by atoms with Gasteiger partial charge in [-0.05, 0) is 55.8 Å². The number of halogens is 1. The molecule has 4 atom stereocenters. The first kappa shape index (κ1) is 29.8. The molecule has 200 valence electrons. The van der Waals surface area contributed by atoms with Gasteiger partial charge in [-0.2, -0.15) is 0 Å². The summed E-state index contributed by atoms with van der Waals surface area (Å²) in [6, 6.07) is 7.69. The number of fused-ring (bicyclic) bond motifs is 2. The lowest BCUT2D eigenvalue weighted by atomic mass is 9.70. The molecule has 0 aliphatic heterocycles. The average molecular weight is 509 g/mol. The van der Waals surface area contributed by atoms with Gasteiger partial charge in [0, 0.05) is 17.9 Å². The first-order valence-electron chi connectivity index (χ1n) is 13.7. The zero-order chi connectivity index (χ0) is 24.8. The van der Waals surface area contributed by atoms with E-state index in [4.69, 9.17) is 9.47 Å². The molecule has 5 nitrogen and oxygen atoms in total. The summed E-state index contributed by atoms with van der Waals surface area (Å²) in [6.07, 6.45) is 7.88. The van der Waals surface area contributed by atoms with E-state index < -0.39 is 0 Å². The first-order chi connectivity index (χ1) is 16.3. The fourth-order valence-electron chi connectivity index (χ4n) is 6.56. The number of carbonyl (C=O) groups excluding carboxylic acids is 1. The van der Waals surface area contributed by atoms with Crippen molar-refractivity contribution < 1.29 is 14.3 Å². The predicted octanol–water partition coefficient (Wildman–Crippen LogP) is 7.79. The number of benzene rings is 1. The molecule has 0 spiro atoms. The Balaban J connectivity index is 0.00000432. The third-order valence-corrected chi connectivity index (χ3v) is 9.13. The molecule has 0 radical (unpaired) electrons. The number of hydrogen-bond acceptors (Lipinski definition) is 4. The molecule has 0 heterocycles. The van der Waals surface area contributed by atoms with Crippen molar-refractivity contribution in [1.82, 2.24) is 4.90 Å². The largest absolute Gasteiger partial charge is 0.491 e. The minimum atomic E-state index is -0.363. The van der Waals surface area contributed by atoms with Gasteiger partial charge in [0.2, 0.25) is 0 Å². The smallest absolute Gasteiger partial charge is 0.412 e. The molecular formula is C29H49ClN2O3. The van der Waals surface area contributed by atoms with Gasteiger partial charge >= 0.3 is 6.09 Å². The Morgan fingerprint density at radius 3 is 2.43 bits per heavy atom. The molecule has 1 aromatic carbocycles. The summed E-state index contributed by atoms with van der Waals surface area (Å²) in [5, 5.41) is 3.00. The number of nitrogens with one attached hydrogen (secondary N) is 1. The van der Waals surface area contributed by atoms with Crippen molar-refractivity contribution >= 4 is 24.2 Å². The van der Waals surface area contributed by atoms with Crippen molar-refractivity contribution in [2.45, 2.75) is 92.6 Å². The highest BCUT2D eigenvalue weighted by atomic mass is 35.5. The number of rotatable bonds is 13. The zero-order valence-corrected chi connectivity index (χ0v) is 23.7. The van der Waals surface area contributed by atoms with Gasteiger partial charge in [-0.15, -0.1) is 12.4 Å². The van der Waals surface area contributed by atoms with Gasteiger partial charge in [-0.3, -0.25) is 5.32 Å². The van der Waals surface area contributed by atoms with Crippen molar-refractivity contribution in [2.24, 2.45) is 22.7 Å². The van der Waals surface area contributed by atoms with Crippen molar-refractivity contribution in [1.29, 1.82) is 0 Å². The second-order valence-electron chi connectivity index (χ2n) is 11.1. The summed E-state index contributed by atoms with van der Waals surface area (Å²) in [7, 11) is 0. The number of unbranched alkanes of at least 4 members (excludes halogenated alkanes) is 4. The van der Waals surface area contributed by atoms with Crippen LogP contribution in [-0.2, 0) is 4.74 Å². The van der Waals surface area contributed by atoms with Crippen LogP contribution in [0.2, 0.25) is 0 Å². The van der Waals surface area contributed by atoms with Crippen LogP contribution in [0.4, 0.5) is 10.5 Å². The molecule has 1 N–H and O–H groups in total. The van der Waals surface area contributed by atoms with Gasteiger partial charge in [0.25, 0.3) is 0 Å². The summed E-state index contributed by atoms with van der Waals surface area (Å²) < 4.78 is 12.3. The maximum absolute atomic E-state index is 13.2. The number of amides is 1. The van der Waals surface area contributed by atoms with Crippen molar-refractivity contribution in [3.05, 3.63) is 24.3 Å². The van der Waals surface area contributed by atoms with Gasteiger partial charge in [0.1, 0.15) is 11.9 Å². The molecular weight excluding hydrogens is 460 g/mol. The Kier molecular flexibility index (Phi) is 11.2. The molecule has 1 amide bonds. The number of para-hydroxylation sites is 2. The van der Waals surface area contributed by atoms with Crippen LogP contribution in [0.3, 0.4) is 0 Å². The fraction of sp³-hybridized carbons (Fsp3) is 0.759. The van der Waals surface area contributed by atoms with E-state index in [-0.39, 0.29) is 35.4 Å². The highest BCUT2D eigenvalue weighted by Crippen LogP contribution is 2.68. The molecule has 2 fully saturated rings. The lowest BCUT2D eigenvalue weighted by molar-refractivity contribution is -0.0258. The lowest BCUT2D eigenvalue weighted by Gasteiger charge is -2.40. The molecule has 3 rings (SSSR count). The molecule has 1 aromatic rings. The summed E-state index contributed by atoms with van der Waals surface area (Å²) in [5.41, 5.74) is 0.851. The normalized spacial score (nSPS) is 26.4. The van der Waals surface area contributed by atoms with E-state index in [9.17, 15) is 4.79 Å². The molecule has 0 unspecified atom stereocenters. The van der Waals surface area contributed by atoms with Crippen LogP contribution < -0.4 is 10.1 Å². The van der Waals surface area contributed by atoms with Gasteiger partial charge < -0.3 is 14.4 Å². The number of hydrogen-bond donors (Lipinski definition) is 1. The second-order valence-corrected chi connectivity index (χ2v) is 11.1. The van der Waals surface area contributed by atoms with E-state index in [0.29, 0.717) is 29.9 Å². The molecule has 6 heteroatoms. The Morgan fingerprint density at radius 2 is 1.74 bits per heavy atom. The van der Waals surface area contributed by atoms with Gasteiger partial charge in [-0.25, -0.2) is 4.79 Å². The molecule has 0 saturated heterocycles. The van der Waals surface area contributed by atoms with Crippen LogP contribution in [0, 0.1) is 22.7 Å². The SMILES string of the molecule is CCCCCCCOc1ccccc1NC(=O)O[C@H]1[C@@H](CN(CC)CC)[C@H]2CC[C@]1(C)C2(C)C.Cl. The first-order valence-corrected chi connectivity index (χ1v) is 13.7. The lowest BCUT2D eigenvalue weighted by Crippen LogP contribution is -2.45.